The Hall–Kier alpha value is -3.59. The molecule has 0 aliphatic rings. The fourth-order valence-corrected chi connectivity index (χ4v) is 2.95. The molecule has 0 spiro atoms. The van der Waals surface area contributed by atoms with E-state index in [1.807, 2.05) is 0 Å². The van der Waals surface area contributed by atoms with Crippen molar-refractivity contribution in [3.05, 3.63) is 60.2 Å². The Labute approximate surface area is 165 Å². The summed E-state index contributed by atoms with van der Waals surface area (Å²) in [6.07, 6.45) is 0. The molecule has 2 aromatic heterocycles. The second kappa shape index (κ2) is 7.80. The lowest BCUT2D eigenvalue weighted by molar-refractivity contribution is 0.210. The minimum Gasteiger partial charge on any atom is -0.383 e. The summed E-state index contributed by atoms with van der Waals surface area (Å²) in [5.74, 6) is -0.0695. The van der Waals surface area contributed by atoms with E-state index in [0.717, 1.165) is 0 Å². The summed E-state index contributed by atoms with van der Waals surface area (Å²) in [6, 6.07) is 11.7. The van der Waals surface area contributed by atoms with Gasteiger partial charge >= 0.3 is 0 Å². The molecule has 3 N–H and O–H groups in total. The van der Waals surface area contributed by atoms with Crippen LogP contribution in [0.4, 0.5) is 20.5 Å². The lowest BCUT2D eigenvalue weighted by atomic mass is 10.1. The molecular weight excluding hydrogens is 378 g/mol. The molecule has 0 amide bonds. The van der Waals surface area contributed by atoms with E-state index in [1.54, 1.807) is 31.4 Å². The van der Waals surface area contributed by atoms with Crippen molar-refractivity contribution in [1.29, 1.82) is 0 Å². The van der Waals surface area contributed by atoms with Gasteiger partial charge in [-0.1, -0.05) is 0 Å². The Morgan fingerprint density at radius 1 is 1.00 bits per heavy atom. The van der Waals surface area contributed by atoms with Crippen molar-refractivity contribution in [2.75, 3.05) is 31.3 Å². The van der Waals surface area contributed by atoms with E-state index in [0.29, 0.717) is 52.9 Å². The standard InChI is InChI=1S/C20H18F2N6O/c1-29-11-10-24-20-25-17(12-2-4-13(21)5-3-12)16-18(23)28(27-19(16)26-20)15-8-6-14(22)7-9-15/h2-9H,10-11,23H2,1H3,(H,24,26,27). The van der Waals surface area contributed by atoms with E-state index >= 15 is 0 Å². The number of nitrogens with zero attached hydrogens (tertiary/aromatic N) is 4. The lowest BCUT2D eigenvalue weighted by Gasteiger charge is -2.08. The SMILES string of the molecule is COCCNc1nc(-c2ccc(F)cc2)c2c(N)n(-c3ccc(F)cc3)nc2n1. The highest BCUT2D eigenvalue weighted by Crippen LogP contribution is 2.32. The van der Waals surface area contributed by atoms with Crippen molar-refractivity contribution >= 4 is 22.8 Å². The third-order valence-electron chi connectivity index (χ3n) is 4.35. The molecule has 4 aromatic rings. The molecule has 0 saturated heterocycles. The molecule has 4 rings (SSSR count). The predicted octanol–water partition coefficient (Wildman–Crippen LogP) is 3.40. The highest BCUT2D eigenvalue weighted by molar-refractivity contribution is 5.99. The van der Waals surface area contributed by atoms with Gasteiger partial charge in [-0.25, -0.2) is 18.4 Å². The van der Waals surface area contributed by atoms with E-state index in [1.165, 1.54) is 28.9 Å². The quantitative estimate of drug-likeness (QED) is 0.486. The van der Waals surface area contributed by atoms with Gasteiger partial charge in [-0.3, -0.25) is 0 Å². The van der Waals surface area contributed by atoms with E-state index in [-0.39, 0.29) is 11.6 Å². The summed E-state index contributed by atoms with van der Waals surface area (Å²) in [6.45, 7) is 0.971. The van der Waals surface area contributed by atoms with E-state index in [4.69, 9.17) is 10.5 Å². The van der Waals surface area contributed by atoms with Gasteiger partial charge in [0, 0.05) is 19.2 Å². The molecule has 0 bridgehead atoms. The maximum atomic E-state index is 13.4. The van der Waals surface area contributed by atoms with Crippen LogP contribution in [0.1, 0.15) is 0 Å². The number of rotatable bonds is 6. The molecule has 148 valence electrons. The highest BCUT2D eigenvalue weighted by Gasteiger charge is 2.19. The van der Waals surface area contributed by atoms with Gasteiger partial charge in [0.05, 0.1) is 23.4 Å². The van der Waals surface area contributed by atoms with Crippen LogP contribution in [-0.4, -0.2) is 40.0 Å². The average Bonchev–Trinajstić information content (AvgIpc) is 3.05. The summed E-state index contributed by atoms with van der Waals surface area (Å²) < 4.78 is 33.2. The summed E-state index contributed by atoms with van der Waals surface area (Å²) in [7, 11) is 1.60. The molecule has 0 fully saturated rings. The zero-order valence-corrected chi connectivity index (χ0v) is 15.6. The first kappa shape index (κ1) is 18.8. The Morgan fingerprint density at radius 2 is 1.66 bits per heavy atom. The van der Waals surface area contributed by atoms with Crippen molar-refractivity contribution < 1.29 is 13.5 Å². The zero-order valence-electron chi connectivity index (χ0n) is 15.6. The van der Waals surface area contributed by atoms with Crippen LogP contribution in [0.3, 0.4) is 0 Å². The summed E-state index contributed by atoms with van der Waals surface area (Å²) >= 11 is 0. The van der Waals surface area contributed by atoms with Crippen LogP contribution in [0.15, 0.2) is 48.5 Å². The van der Waals surface area contributed by atoms with Gasteiger partial charge in [0.25, 0.3) is 0 Å². The lowest BCUT2D eigenvalue weighted by Crippen LogP contribution is -2.10. The first-order valence-corrected chi connectivity index (χ1v) is 8.88. The molecule has 2 aromatic carbocycles. The molecule has 0 radical (unpaired) electrons. The Bertz CT molecular complexity index is 1140. The van der Waals surface area contributed by atoms with Gasteiger partial charge in [0.2, 0.25) is 5.95 Å². The number of nitrogens with one attached hydrogen (secondary N) is 1. The van der Waals surface area contributed by atoms with Gasteiger partial charge in [0.1, 0.15) is 17.5 Å². The van der Waals surface area contributed by atoms with E-state index in [2.05, 4.69) is 20.4 Å². The zero-order chi connectivity index (χ0) is 20.4. The second-order valence-corrected chi connectivity index (χ2v) is 6.29. The minimum absolute atomic E-state index is 0.300. The van der Waals surface area contributed by atoms with Crippen LogP contribution >= 0.6 is 0 Å². The monoisotopic (exact) mass is 396 g/mol. The number of methoxy groups -OCH3 is 1. The van der Waals surface area contributed by atoms with Gasteiger partial charge < -0.3 is 15.8 Å². The van der Waals surface area contributed by atoms with Gasteiger partial charge in [-0.15, -0.1) is 5.10 Å². The van der Waals surface area contributed by atoms with Crippen molar-refractivity contribution in [3.63, 3.8) is 0 Å². The number of aromatic nitrogens is 4. The summed E-state index contributed by atoms with van der Waals surface area (Å²) in [4.78, 5) is 9.00. The smallest absolute Gasteiger partial charge is 0.225 e. The fourth-order valence-electron chi connectivity index (χ4n) is 2.95. The number of anilines is 2. The van der Waals surface area contributed by atoms with Crippen molar-refractivity contribution in [3.8, 4) is 16.9 Å². The fraction of sp³-hybridized carbons (Fsp3) is 0.150. The Kier molecular flexibility index (Phi) is 5.05. The largest absolute Gasteiger partial charge is 0.383 e. The van der Waals surface area contributed by atoms with Gasteiger partial charge in [-0.05, 0) is 48.5 Å². The average molecular weight is 396 g/mol. The molecule has 9 heteroatoms. The van der Waals surface area contributed by atoms with Crippen LogP contribution in [0.5, 0.6) is 0 Å². The first-order valence-electron chi connectivity index (χ1n) is 8.88. The Balaban J connectivity index is 1.89. The number of hydrogen-bond acceptors (Lipinski definition) is 6. The second-order valence-electron chi connectivity index (χ2n) is 6.29. The van der Waals surface area contributed by atoms with Gasteiger partial charge in [-0.2, -0.15) is 4.98 Å². The third kappa shape index (κ3) is 3.72. The molecule has 29 heavy (non-hydrogen) atoms. The number of hydrogen-bond donors (Lipinski definition) is 2. The predicted molar refractivity (Wildman–Crippen MR) is 107 cm³/mol. The number of halogens is 2. The maximum absolute atomic E-state index is 13.4. The molecule has 7 nitrogen and oxygen atoms in total. The number of nitrogen functional groups attached to an aromatic ring is 1. The number of ether oxygens (including phenoxy) is 1. The van der Waals surface area contributed by atoms with E-state index in [9.17, 15) is 8.78 Å². The van der Waals surface area contributed by atoms with Crippen LogP contribution < -0.4 is 11.1 Å². The van der Waals surface area contributed by atoms with Gasteiger partial charge in [0.15, 0.2) is 5.65 Å². The number of fused-ring (bicyclic) bond motifs is 1. The molecule has 2 heterocycles. The van der Waals surface area contributed by atoms with E-state index < -0.39 is 0 Å². The molecule has 0 saturated carbocycles. The normalized spacial score (nSPS) is 11.1. The minimum atomic E-state index is -0.361. The third-order valence-corrected chi connectivity index (χ3v) is 4.35. The molecule has 0 unspecified atom stereocenters. The summed E-state index contributed by atoms with van der Waals surface area (Å²) in [5.41, 5.74) is 8.49. The van der Waals surface area contributed by atoms with Crippen molar-refractivity contribution in [1.82, 2.24) is 19.7 Å². The highest BCUT2D eigenvalue weighted by atomic mass is 19.1. The molecule has 0 aliphatic heterocycles. The Morgan fingerprint density at radius 3 is 2.31 bits per heavy atom. The van der Waals surface area contributed by atoms with Crippen LogP contribution in [-0.2, 0) is 4.74 Å². The first-order chi connectivity index (χ1) is 14.1. The van der Waals surface area contributed by atoms with Crippen LogP contribution in [0, 0.1) is 11.6 Å². The number of benzene rings is 2. The summed E-state index contributed by atoms with van der Waals surface area (Å²) in [5, 5.41) is 8.08. The molecule has 0 aliphatic carbocycles. The molecule has 0 atom stereocenters. The van der Waals surface area contributed by atoms with Crippen molar-refractivity contribution in [2.45, 2.75) is 0 Å². The molecular formula is C20H18F2N6O. The van der Waals surface area contributed by atoms with Crippen molar-refractivity contribution in [2.24, 2.45) is 0 Å². The number of nitrogens with two attached hydrogens (primary N) is 1. The maximum Gasteiger partial charge on any atom is 0.225 e. The van der Waals surface area contributed by atoms with Crippen LogP contribution in [0.25, 0.3) is 28.0 Å². The van der Waals surface area contributed by atoms with Crippen LogP contribution in [0.2, 0.25) is 0 Å². The topological polar surface area (TPSA) is 90.9 Å².